The first-order valence-corrected chi connectivity index (χ1v) is 11.4. The first-order valence-electron chi connectivity index (χ1n) is 9.70. The minimum atomic E-state index is -0.159. The fourth-order valence-corrected chi connectivity index (χ4v) is 4.41. The van der Waals surface area contributed by atoms with Gasteiger partial charge in [0.05, 0.1) is 27.8 Å². The molecule has 4 rings (SSSR count). The number of rotatable bonds is 6. The Morgan fingerprint density at radius 3 is 2.58 bits per heavy atom. The maximum absolute atomic E-state index is 12.7. The smallest absolute Gasteiger partial charge is 0.234 e. The van der Waals surface area contributed by atoms with Gasteiger partial charge in [-0.15, -0.1) is 5.10 Å². The number of carbonyl (C=O) groups excluding carboxylic acids is 1. The maximum Gasteiger partial charge on any atom is 0.234 e. The topological polar surface area (TPSA) is 79.2 Å². The summed E-state index contributed by atoms with van der Waals surface area (Å²) in [4.78, 5) is 17.2. The maximum atomic E-state index is 12.7. The number of carbonyl (C=O) groups is 1. The van der Waals surface area contributed by atoms with Crippen molar-refractivity contribution in [3.05, 3.63) is 52.5 Å². The second-order valence-electron chi connectivity index (χ2n) is 7.11. The Bertz CT molecular complexity index is 1050. The molecule has 1 aromatic heterocycles. The molecule has 0 spiro atoms. The molecule has 162 valence electrons. The fourth-order valence-electron chi connectivity index (χ4n) is 3.30. The van der Waals surface area contributed by atoms with Crippen LogP contribution in [-0.2, 0) is 4.79 Å². The predicted molar refractivity (Wildman–Crippen MR) is 125 cm³/mol. The van der Waals surface area contributed by atoms with Crippen molar-refractivity contribution in [1.82, 2.24) is 25.1 Å². The lowest BCUT2D eigenvalue weighted by Crippen LogP contribution is -2.44. The highest BCUT2D eigenvalue weighted by atomic mass is 35.5. The van der Waals surface area contributed by atoms with Gasteiger partial charge < -0.3 is 15.1 Å². The number of benzene rings is 2. The van der Waals surface area contributed by atoms with Crippen LogP contribution in [-0.4, -0.2) is 70.0 Å². The van der Waals surface area contributed by atoms with E-state index in [4.69, 9.17) is 23.2 Å². The van der Waals surface area contributed by atoms with Crippen molar-refractivity contribution in [2.75, 3.05) is 49.2 Å². The normalized spacial score (nSPS) is 14.6. The SMILES string of the molecule is CN1CCN(c2c(Cl)cccc2NC(=O)CSc2nnnn2-c2ccc(Cl)cc2)CC1. The number of hydrogen-bond acceptors (Lipinski definition) is 7. The monoisotopic (exact) mass is 477 g/mol. The van der Waals surface area contributed by atoms with Gasteiger partial charge in [0, 0.05) is 31.2 Å². The largest absolute Gasteiger partial charge is 0.366 e. The van der Waals surface area contributed by atoms with Gasteiger partial charge in [-0.1, -0.05) is 41.0 Å². The number of hydrogen-bond donors (Lipinski definition) is 1. The molecule has 1 aliphatic rings. The third-order valence-electron chi connectivity index (χ3n) is 4.92. The average Bonchev–Trinajstić information content (AvgIpc) is 3.23. The number of nitrogens with one attached hydrogen (secondary N) is 1. The van der Waals surface area contributed by atoms with Gasteiger partial charge in [-0.05, 0) is 53.9 Å². The number of piperazine rings is 1. The lowest BCUT2D eigenvalue weighted by atomic mass is 10.2. The summed E-state index contributed by atoms with van der Waals surface area (Å²) in [5.41, 5.74) is 2.34. The van der Waals surface area contributed by atoms with E-state index in [0.29, 0.717) is 20.9 Å². The van der Waals surface area contributed by atoms with E-state index in [2.05, 4.69) is 37.7 Å². The van der Waals surface area contributed by atoms with Crippen LogP contribution in [0.2, 0.25) is 10.0 Å². The number of aromatic nitrogens is 4. The number of likely N-dealkylation sites (N-methyl/N-ethyl adjacent to an activating group) is 1. The van der Waals surface area contributed by atoms with Gasteiger partial charge in [-0.3, -0.25) is 4.79 Å². The summed E-state index contributed by atoms with van der Waals surface area (Å²) >= 11 is 13.7. The van der Waals surface area contributed by atoms with Crippen molar-refractivity contribution in [3.63, 3.8) is 0 Å². The number of amides is 1. The van der Waals surface area contributed by atoms with Gasteiger partial charge in [0.1, 0.15) is 0 Å². The number of thioether (sulfide) groups is 1. The molecule has 11 heteroatoms. The zero-order valence-corrected chi connectivity index (χ0v) is 19.2. The van der Waals surface area contributed by atoms with E-state index >= 15 is 0 Å². The number of para-hydroxylation sites is 1. The summed E-state index contributed by atoms with van der Waals surface area (Å²) in [5, 5.41) is 16.5. The van der Waals surface area contributed by atoms with Crippen molar-refractivity contribution in [2.45, 2.75) is 5.16 Å². The van der Waals surface area contributed by atoms with Crippen molar-refractivity contribution in [2.24, 2.45) is 0 Å². The van der Waals surface area contributed by atoms with E-state index in [9.17, 15) is 4.79 Å². The molecule has 1 aliphatic heterocycles. The molecule has 8 nitrogen and oxygen atoms in total. The standard InChI is InChI=1S/C20H21Cl2N7OS/c1-27-9-11-28(12-10-27)19-16(22)3-2-4-17(19)23-18(30)13-31-20-24-25-26-29(20)15-7-5-14(21)6-8-15/h2-8H,9-13H2,1H3,(H,23,30). The summed E-state index contributed by atoms with van der Waals surface area (Å²) in [5.74, 6) is -0.00357. The highest BCUT2D eigenvalue weighted by molar-refractivity contribution is 7.99. The molecule has 0 atom stereocenters. The fraction of sp³-hybridized carbons (Fsp3) is 0.300. The Labute approximate surface area is 194 Å². The zero-order valence-electron chi connectivity index (χ0n) is 16.8. The van der Waals surface area contributed by atoms with Crippen LogP contribution in [0, 0.1) is 0 Å². The molecule has 0 saturated carbocycles. The molecule has 0 radical (unpaired) electrons. The van der Waals surface area contributed by atoms with Gasteiger partial charge in [-0.25, -0.2) is 0 Å². The average molecular weight is 478 g/mol. The third-order valence-corrected chi connectivity index (χ3v) is 6.40. The molecular weight excluding hydrogens is 457 g/mol. The highest BCUT2D eigenvalue weighted by Gasteiger charge is 2.21. The van der Waals surface area contributed by atoms with E-state index in [1.165, 1.54) is 11.8 Å². The van der Waals surface area contributed by atoms with Gasteiger partial charge in [-0.2, -0.15) is 4.68 Å². The van der Waals surface area contributed by atoms with Gasteiger partial charge in [0.25, 0.3) is 0 Å². The van der Waals surface area contributed by atoms with Crippen LogP contribution >= 0.6 is 35.0 Å². The first-order chi connectivity index (χ1) is 15.0. The second-order valence-corrected chi connectivity index (χ2v) is 8.90. The number of halogens is 2. The molecule has 3 aromatic rings. The van der Waals surface area contributed by atoms with Crippen LogP contribution in [0.3, 0.4) is 0 Å². The van der Waals surface area contributed by atoms with Crippen LogP contribution in [0.15, 0.2) is 47.6 Å². The van der Waals surface area contributed by atoms with Crippen molar-refractivity contribution >= 4 is 52.2 Å². The van der Waals surface area contributed by atoms with Crippen LogP contribution in [0.25, 0.3) is 5.69 Å². The van der Waals surface area contributed by atoms with Crippen molar-refractivity contribution in [1.29, 1.82) is 0 Å². The molecule has 1 saturated heterocycles. The molecule has 1 amide bonds. The number of anilines is 2. The first kappa shape index (κ1) is 21.9. The van der Waals surface area contributed by atoms with Crippen LogP contribution in [0.4, 0.5) is 11.4 Å². The Kier molecular flexibility index (Phi) is 6.96. The quantitative estimate of drug-likeness (QED) is 0.544. The summed E-state index contributed by atoms with van der Waals surface area (Å²) in [6.07, 6.45) is 0. The van der Waals surface area contributed by atoms with Crippen LogP contribution in [0.5, 0.6) is 0 Å². The lowest BCUT2D eigenvalue weighted by molar-refractivity contribution is -0.113. The minimum absolute atomic E-state index is 0.155. The lowest BCUT2D eigenvalue weighted by Gasteiger charge is -2.35. The Morgan fingerprint density at radius 2 is 1.84 bits per heavy atom. The molecule has 2 heterocycles. The summed E-state index contributed by atoms with van der Waals surface area (Å²) in [7, 11) is 2.10. The Morgan fingerprint density at radius 1 is 1.10 bits per heavy atom. The molecule has 1 N–H and O–H groups in total. The van der Waals surface area contributed by atoms with E-state index in [0.717, 1.165) is 37.6 Å². The van der Waals surface area contributed by atoms with Crippen molar-refractivity contribution in [3.8, 4) is 5.69 Å². The number of nitrogens with zero attached hydrogens (tertiary/aromatic N) is 6. The molecule has 31 heavy (non-hydrogen) atoms. The number of tetrazole rings is 1. The van der Waals surface area contributed by atoms with Crippen molar-refractivity contribution < 1.29 is 4.79 Å². The van der Waals surface area contributed by atoms with E-state index in [1.54, 1.807) is 16.8 Å². The zero-order chi connectivity index (χ0) is 21.8. The van der Waals surface area contributed by atoms with E-state index in [1.807, 2.05) is 30.3 Å². The molecule has 0 unspecified atom stereocenters. The van der Waals surface area contributed by atoms with Crippen LogP contribution in [0.1, 0.15) is 0 Å². The summed E-state index contributed by atoms with van der Waals surface area (Å²) in [6, 6.07) is 12.7. The van der Waals surface area contributed by atoms with Gasteiger partial charge >= 0.3 is 0 Å². The molecular formula is C20H21Cl2N7OS. The van der Waals surface area contributed by atoms with Gasteiger partial charge in [0.2, 0.25) is 11.1 Å². The second kappa shape index (κ2) is 9.86. The van der Waals surface area contributed by atoms with E-state index < -0.39 is 0 Å². The molecule has 2 aromatic carbocycles. The molecule has 0 aliphatic carbocycles. The Balaban J connectivity index is 1.43. The van der Waals surface area contributed by atoms with E-state index in [-0.39, 0.29) is 11.7 Å². The molecule has 1 fully saturated rings. The predicted octanol–water partition coefficient (Wildman–Crippen LogP) is 3.45. The molecule has 0 bridgehead atoms. The Hall–Kier alpha value is -2.33. The van der Waals surface area contributed by atoms with Crippen LogP contribution < -0.4 is 10.2 Å². The minimum Gasteiger partial charge on any atom is -0.366 e. The third kappa shape index (κ3) is 5.30. The van der Waals surface area contributed by atoms with Gasteiger partial charge in [0.15, 0.2) is 0 Å². The highest BCUT2D eigenvalue weighted by Crippen LogP contribution is 2.34. The summed E-state index contributed by atoms with van der Waals surface area (Å²) in [6.45, 7) is 3.60. The summed E-state index contributed by atoms with van der Waals surface area (Å²) < 4.78 is 1.57.